The fourth-order valence-electron chi connectivity index (χ4n) is 3.35. The number of carbonyl (C=O) groups is 6. The molecule has 0 atom stereocenters. The summed E-state index contributed by atoms with van der Waals surface area (Å²) in [6.45, 7) is 21.9. The molecule has 0 fully saturated rings. The molecule has 0 aromatic carbocycles. The second-order valence-electron chi connectivity index (χ2n) is 20.4. The first-order chi connectivity index (χ1) is 29.3. The van der Waals surface area contributed by atoms with Crippen molar-refractivity contribution in [2.24, 2.45) is 10.8 Å². The first-order valence-corrected chi connectivity index (χ1v) is 20.0. The number of ether oxygens (including phenoxy) is 7. The van der Waals surface area contributed by atoms with Gasteiger partial charge in [-0.15, -0.1) is 0 Å². The van der Waals surface area contributed by atoms with Crippen molar-refractivity contribution in [3.05, 3.63) is 0 Å². The molecule has 0 saturated carbocycles. The minimum atomic E-state index is -1.94. The van der Waals surface area contributed by atoms with Crippen LogP contribution in [0, 0.1) is 10.8 Å². The summed E-state index contributed by atoms with van der Waals surface area (Å²) >= 11 is 0. The standard InChI is InChI=1S/C40H70O25/c1-33(2,3)60-54-27(41)48-21-39(22-49-28(42)55-61-34(4,5)6,23-50-29(43)56-62-35(7,8)9)19-47-20-40(24-51-30(44)57-63-36(10,11)12,25-52-31(45)58-64-37(13,14)15)26-53-32(46)59-65-38(16,17)18/h19-26H2,1-18H3. The second kappa shape index (κ2) is 25.9. The Morgan fingerprint density at radius 3 is 0.508 bits per heavy atom. The van der Waals surface area contributed by atoms with Gasteiger partial charge in [-0.05, 0) is 125 Å². The maximum Gasteiger partial charge on any atom is 0.540 e. The summed E-state index contributed by atoms with van der Waals surface area (Å²) in [7, 11) is 0. The SMILES string of the molecule is CC(C)(C)OOC(=O)OCC(COCC(COC(=O)OOC(C)(C)C)(COC(=O)OOC(C)(C)C)COC(=O)OOC(C)(C)C)(COC(=O)OOC(C)(C)C)COC(=O)OOC(C)(C)C. The highest BCUT2D eigenvalue weighted by Gasteiger charge is 2.42. The Morgan fingerprint density at radius 1 is 0.246 bits per heavy atom. The van der Waals surface area contributed by atoms with E-state index in [1.165, 1.54) is 0 Å². The van der Waals surface area contributed by atoms with Crippen molar-refractivity contribution >= 4 is 36.9 Å². The van der Waals surface area contributed by atoms with Gasteiger partial charge in [-0.1, -0.05) is 0 Å². The Hall–Kier alpha value is -4.66. The van der Waals surface area contributed by atoms with Crippen molar-refractivity contribution in [3.8, 4) is 0 Å². The van der Waals surface area contributed by atoms with Crippen LogP contribution in [-0.4, -0.2) is 123 Å². The van der Waals surface area contributed by atoms with Crippen LogP contribution in [0.3, 0.4) is 0 Å². The van der Waals surface area contributed by atoms with Gasteiger partial charge in [0.2, 0.25) is 0 Å². The van der Waals surface area contributed by atoms with E-state index in [0.717, 1.165) is 0 Å². The molecule has 25 nitrogen and oxygen atoms in total. The van der Waals surface area contributed by atoms with Crippen LogP contribution < -0.4 is 0 Å². The molecule has 0 aromatic heterocycles. The van der Waals surface area contributed by atoms with Crippen molar-refractivity contribution in [2.45, 2.75) is 158 Å². The minimum Gasteiger partial charge on any atom is -0.431 e. The maximum absolute atomic E-state index is 12.7. The van der Waals surface area contributed by atoms with Gasteiger partial charge in [-0.2, -0.15) is 29.3 Å². The highest BCUT2D eigenvalue weighted by Crippen LogP contribution is 2.28. The second-order valence-corrected chi connectivity index (χ2v) is 20.4. The van der Waals surface area contributed by atoms with Crippen molar-refractivity contribution in [3.63, 3.8) is 0 Å². The summed E-state index contributed by atoms with van der Waals surface area (Å²) in [4.78, 5) is 135. The van der Waals surface area contributed by atoms with E-state index in [1.807, 2.05) is 0 Å². The van der Waals surface area contributed by atoms with Crippen molar-refractivity contribution in [1.29, 1.82) is 0 Å². The Labute approximate surface area is 379 Å². The lowest BCUT2D eigenvalue weighted by Crippen LogP contribution is -2.47. The van der Waals surface area contributed by atoms with Gasteiger partial charge >= 0.3 is 36.9 Å². The van der Waals surface area contributed by atoms with Gasteiger partial charge < -0.3 is 33.2 Å². The molecule has 0 aliphatic carbocycles. The summed E-state index contributed by atoms with van der Waals surface area (Å²) in [5, 5.41) is 0. The predicted octanol–water partition coefficient (Wildman–Crippen LogP) is 8.28. The molecule has 25 heteroatoms. The summed E-state index contributed by atoms with van der Waals surface area (Å²) < 4.78 is 37.8. The zero-order valence-corrected chi connectivity index (χ0v) is 40.9. The third-order valence-corrected chi connectivity index (χ3v) is 5.95. The molecule has 0 radical (unpaired) electrons. The summed E-state index contributed by atoms with van der Waals surface area (Å²) in [6, 6.07) is 0. The molecule has 0 heterocycles. The quantitative estimate of drug-likeness (QED) is 0.0427. The van der Waals surface area contributed by atoms with E-state index < -0.39 is 134 Å². The molecular formula is C40H70O25. The lowest BCUT2D eigenvalue weighted by molar-refractivity contribution is -0.319. The topological polar surface area (TPSA) is 278 Å². The highest BCUT2D eigenvalue weighted by molar-refractivity contribution is 5.61. The maximum atomic E-state index is 12.7. The van der Waals surface area contributed by atoms with Gasteiger partial charge in [-0.25, -0.2) is 28.8 Å². The van der Waals surface area contributed by atoms with Crippen LogP contribution >= 0.6 is 0 Å². The van der Waals surface area contributed by atoms with Crippen molar-refractivity contribution in [1.82, 2.24) is 0 Å². The summed E-state index contributed by atoms with van der Waals surface area (Å²) in [5.74, 6) is 0. The molecule has 0 aliphatic heterocycles. The summed E-state index contributed by atoms with van der Waals surface area (Å²) in [6.07, 6.45) is -8.37. The fraction of sp³-hybridized carbons (Fsp3) is 0.850. The monoisotopic (exact) mass is 950 g/mol. The average molecular weight is 951 g/mol. The van der Waals surface area contributed by atoms with E-state index >= 15 is 0 Å². The predicted molar refractivity (Wildman–Crippen MR) is 215 cm³/mol. The van der Waals surface area contributed by atoms with Crippen LogP contribution in [0.25, 0.3) is 0 Å². The Balaban J connectivity index is 7.20. The number of hydrogen-bond acceptors (Lipinski definition) is 25. The first-order valence-electron chi connectivity index (χ1n) is 20.0. The smallest absolute Gasteiger partial charge is 0.431 e. The van der Waals surface area contributed by atoms with Crippen LogP contribution in [0.4, 0.5) is 28.8 Å². The van der Waals surface area contributed by atoms with E-state index in [2.05, 4.69) is 0 Å². The molecule has 380 valence electrons. The zero-order chi connectivity index (χ0) is 50.6. The van der Waals surface area contributed by atoms with Crippen molar-refractivity contribution in [2.75, 3.05) is 52.9 Å². The Kier molecular flexibility index (Phi) is 24.0. The van der Waals surface area contributed by atoms with Gasteiger partial charge in [0.15, 0.2) is 0 Å². The summed E-state index contributed by atoms with van der Waals surface area (Å²) in [5.41, 5.74) is -9.73. The fourth-order valence-corrected chi connectivity index (χ4v) is 3.35. The van der Waals surface area contributed by atoms with Crippen molar-refractivity contribution < 1.29 is 121 Å². The van der Waals surface area contributed by atoms with E-state index in [1.54, 1.807) is 125 Å². The highest BCUT2D eigenvalue weighted by atomic mass is 17.3. The van der Waals surface area contributed by atoms with E-state index in [0.29, 0.717) is 0 Å². The Morgan fingerprint density at radius 2 is 0.385 bits per heavy atom. The van der Waals surface area contributed by atoms with E-state index in [4.69, 9.17) is 91.8 Å². The third kappa shape index (κ3) is 34.4. The molecule has 0 spiro atoms. The largest absolute Gasteiger partial charge is 0.540 e. The molecule has 0 bridgehead atoms. The first kappa shape index (κ1) is 60.3. The van der Waals surface area contributed by atoms with Crippen LogP contribution in [0.2, 0.25) is 0 Å². The molecule has 0 aromatic rings. The van der Waals surface area contributed by atoms with Gasteiger partial charge in [0.05, 0.1) is 24.0 Å². The molecular weight excluding hydrogens is 880 g/mol. The van der Waals surface area contributed by atoms with Crippen LogP contribution in [0.1, 0.15) is 125 Å². The van der Waals surface area contributed by atoms with Gasteiger partial charge in [0.1, 0.15) is 73.2 Å². The molecule has 0 N–H and O–H groups in total. The molecule has 0 saturated heterocycles. The van der Waals surface area contributed by atoms with Gasteiger partial charge in [-0.3, -0.25) is 29.3 Å². The molecule has 0 aliphatic rings. The number of hydrogen-bond donors (Lipinski definition) is 0. The van der Waals surface area contributed by atoms with E-state index in [-0.39, 0.29) is 0 Å². The molecule has 0 amide bonds. The number of rotatable bonds is 22. The number of carbonyl (C=O) groups excluding carboxylic acids is 6. The van der Waals surface area contributed by atoms with Crippen LogP contribution in [-0.2, 0) is 91.8 Å². The molecule has 65 heavy (non-hydrogen) atoms. The van der Waals surface area contributed by atoms with Gasteiger partial charge in [0.25, 0.3) is 0 Å². The third-order valence-electron chi connectivity index (χ3n) is 5.95. The Bertz CT molecular complexity index is 1210. The average Bonchev–Trinajstić information content (AvgIpc) is 3.15. The zero-order valence-electron chi connectivity index (χ0n) is 40.9. The van der Waals surface area contributed by atoms with Crippen LogP contribution in [0.5, 0.6) is 0 Å². The van der Waals surface area contributed by atoms with E-state index in [9.17, 15) is 28.8 Å². The minimum absolute atomic E-state index is 0.740. The van der Waals surface area contributed by atoms with Gasteiger partial charge in [0, 0.05) is 0 Å². The lowest BCUT2D eigenvalue weighted by Gasteiger charge is -2.35. The van der Waals surface area contributed by atoms with Crippen LogP contribution in [0.15, 0.2) is 0 Å². The lowest BCUT2D eigenvalue weighted by atomic mass is 9.90. The normalized spacial score (nSPS) is 12.8. The molecule has 0 rings (SSSR count). The molecule has 0 unspecified atom stereocenters.